The maximum Gasteiger partial charge on any atom is 0.303 e. The SMILES string of the molecule is CC(=O)NC1C(OP(=O)([O-])OP(=O)([O-])OC/C=C(\C)CC/C=C(\C)CC/C=C(\C)CC/C=C(\C)CC/C=C(\C)CC/C=C(\C)CC/C=C(\C)CC/C=C(\C)CC/C=C(\C)CC/C=C(\C)CCC=C(C)C)OC(CO)C(O)C1OC1OC(C)C(O)C(OC2OC(CO)C(O)C(O)C2O)C1OC(C)=O. The van der Waals surface area contributed by atoms with Gasteiger partial charge in [-0.15, -0.1) is 0 Å². The number of nitrogens with one attached hydrogen (secondary N) is 1. The van der Waals surface area contributed by atoms with Gasteiger partial charge in [0.1, 0.15) is 61.0 Å². The van der Waals surface area contributed by atoms with Crippen molar-refractivity contribution < 1.29 is 106 Å². The van der Waals surface area contributed by atoms with Crippen molar-refractivity contribution in [3.05, 3.63) is 128 Å². The highest BCUT2D eigenvalue weighted by Crippen LogP contribution is 2.57. The van der Waals surface area contributed by atoms with Gasteiger partial charge in [0.25, 0.3) is 15.6 Å². The van der Waals surface area contributed by atoms with Gasteiger partial charge in [-0.25, -0.2) is 4.31 Å². The van der Waals surface area contributed by atoms with Crippen molar-refractivity contribution in [2.24, 2.45) is 0 Å². The molecule has 3 saturated heterocycles. The number of phosphoric acid groups is 2. The lowest BCUT2D eigenvalue weighted by atomic mass is 9.95. The lowest BCUT2D eigenvalue weighted by Gasteiger charge is -2.49. The molecule has 102 heavy (non-hydrogen) atoms. The molecular weight excluding hydrogens is 1350 g/mol. The van der Waals surface area contributed by atoms with Crippen LogP contribution in [0.25, 0.3) is 0 Å². The number of carbonyl (C=O) groups is 2. The van der Waals surface area contributed by atoms with E-state index in [0.717, 1.165) is 135 Å². The zero-order valence-corrected chi connectivity index (χ0v) is 65.2. The van der Waals surface area contributed by atoms with Crippen molar-refractivity contribution in [1.29, 1.82) is 0 Å². The Kier molecular flexibility index (Phi) is 43.5. The molecule has 0 aromatic carbocycles. The van der Waals surface area contributed by atoms with E-state index in [1.165, 1.54) is 68.7 Å². The standard InChI is InChI=1S/C77H127NO22P2/c1-50(2)26-16-27-51(3)28-17-29-52(4)30-18-31-53(5)32-19-33-54(6)34-20-35-55(7)36-21-37-56(8)38-22-39-57(9)40-23-41-58(10)42-24-43-59(11)44-25-45-60(12)46-47-92-101(88,89)100-102(90,91)99-75-66(78-62(14)81)72(69(85)65(49-80)95-75)97-77-74(94-63(15)82)73(67(83)61(13)93-77)98-76-71(87)70(86)68(84)64(48-79)96-76/h26,28,30,32,34,36,38,40,42,44,46,61,64-77,79-80,83-87H,16-25,27,29,31,33,35,37,39,41,43,45,47-49H2,1-15H3,(H,78,81)(H,88,89)(H,90,91)/p-2/b51-28+,52-30+,53-32+,54-34+,55-36+,56-38+,57-40+,58-42+,59-44+,60-46+. The molecule has 0 aliphatic carbocycles. The van der Waals surface area contributed by atoms with E-state index in [2.05, 4.69) is 147 Å². The smallest absolute Gasteiger partial charge is 0.303 e. The summed E-state index contributed by atoms with van der Waals surface area (Å²) >= 11 is 0. The van der Waals surface area contributed by atoms with Crippen LogP contribution in [0.1, 0.15) is 232 Å². The fraction of sp³-hybridized carbons (Fsp3) is 0.688. The van der Waals surface area contributed by atoms with Crippen molar-refractivity contribution in [2.45, 2.75) is 324 Å². The monoisotopic (exact) mass is 1480 g/mol. The summed E-state index contributed by atoms with van der Waals surface area (Å²) in [5.41, 5.74) is 14.9. The molecule has 0 radical (unpaired) electrons. The lowest BCUT2D eigenvalue weighted by Crippen LogP contribution is -2.68. The van der Waals surface area contributed by atoms with E-state index in [9.17, 15) is 64.3 Å². The Bertz CT molecular complexity index is 3030. The van der Waals surface area contributed by atoms with E-state index in [1.807, 2.05) is 0 Å². The second-order valence-corrected chi connectivity index (χ2v) is 31.1. The van der Waals surface area contributed by atoms with Crippen LogP contribution in [0, 0.1) is 0 Å². The van der Waals surface area contributed by atoms with Crippen LogP contribution >= 0.6 is 15.6 Å². The van der Waals surface area contributed by atoms with Crippen molar-refractivity contribution in [3.63, 3.8) is 0 Å². The van der Waals surface area contributed by atoms with Crippen LogP contribution in [-0.2, 0) is 60.5 Å². The molecule has 1 amide bonds. The van der Waals surface area contributed by atoms with E-state index < -0.39 is 139 Å². The average Bonchev–Trinajstić information content (AvgIpc) is 0.771. The maximum absolute atomic E-state index is 13.3. The molecule has 3 heterocycles. The fourth-order valence-electron chi connectivity index (χ4n) is 11.9. The van der Waals surface area contributed by atoms with Gasteiger partial charge >= 0.3 is 5.97 Å². The Balaban J connectivity index is 1.40. The summed E-state index contributed by atoms with van der Waals surface area (Å²) in [7, 11) is -11.8. The van der Waals surface area contributed by atoms with Crippen LogP contribution in [0.2, 0.25) is 0 Å². The summed E-state index contributed by atoms with van der Waals surface area (Å²) in [5.74, 6) is -1.93. The predicted molar refractivity (Wildman–Crippen MR) is 391 cm³/mol. The normalized spacial score (nSPS) is 28.4. The highest BCUT2D eigenvalue weighted by molar-refractivity contribution is 7.59. The molecule has 23 nitrogen and oxygen atoms in total. The van der Waals surface area contributed by atoms with Crippen molar-refractivity contribution in [1.82, 2.24) is 5.32 Å². The largest absolute Gasteiger partial charge is 0.756 e. The van der Waals surface area contributed by atoms with Gasteiger partial charge in [0.15, 0.2) is 25.0 Å². The van der Waals surface area contributed by atoms with Gasteiger partial charge in [-0.1, -0.05) is 128 Å². The lowest BCUT2D eigenvalue weighted by molar-refractivity contribution is -0.371. The van der Waals surface area contributed by atoms with E-state index in [4.69, 9.17) is 37.5 Å². The molecule has 8 N–H and O–H groups in total. The molecule has 0 saturated carbocycles. The van der Waals surface area contributed by atoms with Gasteiger partial charge in [0, 0.05) is 13.8 Å². The molecular formula is C77H125NO22P2-2. The van der Waals surface area contributed by atoms with Crippen LogP contribution in [0.3, 0.4) is 0 Å². The van der Waals surface area contributed by atoms with Gasteiger partial charge in [0.2, 0.25) is 5.91 Å². The van der Waals surface area contributed by atoms with Crippen molar-refractivity contribution in [2.75, 3.05) is 19.8 Å². The Morgan fingerprint density at radius 3 is 1.11 bits per heavy atom. The molecule has 0 spiro atoms. The summed E-state index contributed by atoms with van der Waals surface area (Å²) in [4.78, 5) is 51.3. The number of esters is 1. The van der Waals surface area contributed by atoms with Crippen LogP contribution in [0.15, 0.2) is 128 Å². The van der Waals surface area contributed by atoms with Gasteiger partial charge in [0.05, 0.1) is 25.9 Å². The molecule has 3 fully saturated rings. The minimum absolute atomic E-state index is 0.539. The number of ether oxygens (including phenoxy) is 6. The first-order valence-corrected chi connectivity index (χ1v) is 39.2. The number of carbonyl (C=O) groups excluding carboxylic acids is 2. The third-order valence-corrected chi connectivity index (χ3v) is 20.7. The predicted octanol–water partition coefficient (Wildman–Crippen LogP) is 12.4. The van der Waals surface area contributed by atoms with Crippen LogP contribution < -0.4 is 15.1 Å². The first kappa shape index (κ1) is 92.1. The molecule has 3 rings (SSSR count). The average molecular weight is 1480 g/mol. The zero-order chi connectivity index (χ0) is 76.3. The van der Waals surface area contributed by atoms with E-state index >= 15 is 0 Å². The summed E-state index contributed by atoms with van der Waals surface area (Å²) in [6.45, 7) is 26.8. The Labute approximate surface area is 608 Å². The number of aliphatic hydroxyl groups excluding tert-OH is 7. The van der Waals surface area contributed by atoms with Gasteiger partial charge in [-0.2, -0.15) is 0 Å². The third-order valence-electron chi connectivity index (χ3n) is 18.2. The van der Waals surface area contributed by atoms with Crippen LogP contribution in [0.5, 0.6) is 0 Å². The highest BCUT2D eigenvalue weighted by Gasteiger charge is 2.55. The first-order chi connectivity index (χ1) is 48.0. The number of phosphoric ester groups is 2. The van der Waals surface area contributed by atoms with Crippen LogP contribution in [0.4, 0.5) is 0 Å². The summed E-state index contributed by atoms with van der Waals surface area (Å²) < 4.78 is 74.4. The minimum Gasteiger partial charge on any atom is -0.756 e. The number of allylic oxidation sites excluding steroid dienone is 21. The van der Waals surface area contributed by atoms with E-state index in [-0.39, 0.29) is 0 Å². The summed E-state index contributed by atoms with van der Waals surface area (Å²) in [6, 6.07) is -1.92. The minimum atomic E-state index is -6.07. The number of aliphatic hydroxyl groups is 7. The van der Waals surface area contributed by atoms with Crippen molar-refractivity contribution in [3.8, 4) is 0 Å². The maximum atomic E-state index is 13.3. The summed E-state index contributed by atoms with van der Waals surface area (Å²) in [6.07, 6.45) is 19.7. The summed E-state index contributed by atoms with van der Waals surface area (Å²) in [5, 5.41) is 76.3. The molecule has 0 aromatic heterocycles. The number of amides is 1. The molecule has 3 aliphatic heterocycles. The fourth-order valence-corrected chi connectivity index (χ4v) is 13.9. The third kappa shape index (κ3) is 36.4. The number of hydrogen-bond acceptors (Lipinski definition) is 22. The van der Waals surface area contributed by atoms with Crippen LogP contribution in [-0.4, -0.2) is 159 Å². The van der Waals surface area contributed by atoms with E-state index in [0.29, 0.717) is 12.8 Å². The molecule has 17 atom stereocenters. The molecule has 17 unspecified atom stereocenters. The molecule has 582 valence electrons. The van der Waals surface area contributed by atoms with Crippen molar-refractivity contribution >= 4 is 27.5 Å². The molecule has 25 heteroatoms. The van der Waals surface area contributed by atoms with E-state index in [1.54, 1.807) is 6.92 Å². The molecule has 0 aromatic rings. The number of hydrogen-bond donors (Lipinski definition) is 8. The van der Waals surface area contributed by atoms with Gasteiger partial charge in [-0.3, -0.25) is 23.2 Å². The number of rotatable bonds is 45. The first-order valence-electron chi connectivity index (χ1n) is 36.2. The Morgan fingerprint density at radius 1 is 0.412 bits per heavy atom. The Morgan fingerprint density at radius 2 is 0.755 bits per heavy atom. The van der Waals surface area contributed by atoms with Gasteiger partial charge in [-0.05, 0) is 218 Å². The second kappa shape index (κ2) is 48.2. The second-order valence-electron chi connectivity index (χ2n) is 28.2. The molecule has 0 bridgehead atoms. The Hall–Kier alpha value is -4.14. The highest BCUT2D eigenvalue weighted by atomic mass is 31.3. The topological polar surface area (TPSA) is 351 Å². The quantitative estimate of drug-likeness (QED) is 0.0159. The van der Waals surface area contributed by atoms with Gasteiger partial charge < -0.3 is 83.8 Å². The zero-order valence-electron chi connectivity index (χ0n) is 63.4. The molecule has 3 aliphatic rings.